The summed E-state index contributed by atoms with van der Waals surface area (Å²) in [5, 5.41) is 4.01. The summed E-state index contributed by atoms with van der Waals surface area (Å²) in [5.74, 6) is 1.45. The third kappa shape index (κ3) is 8.45. The molecular formula is C16H28Cl2N6. The summed E-state index contributed by atoms with van der Waals surface area (Å²) in [4.78, 5) is 18.2. The SMILES string of the molecule is CC.CC1CN=C(Cl)C(N(C)C)=N1.CCCNc1nccnc1Cl. The van der Waals surface area contributed by atoms with E-state index in [2.05, 4.69) is 32.2 Å². The van der Waals surface area contributed by atoms with Gasteiger partial charge in [-0.15, -0.1) is 0 Å². The molecule has 0 spiro atoms. The predicted octanol–water partition coefficient (Wildman–Crippen LogP) is 3.96. The lowest BCUT2D eigenvalue weighted by Gasteiger charge is -2.19. The molecule has 0 bridgehead atoms. The first-order valence-electron chi connectivity index (χ1n) is 8.11. The second-order valence-corrected chi connectivity index (χ2v) is 5.67. The smallest absolute Gasteiger partial charge is 0.171 e. The number of hydrogen-bond acceptors (Lipinski definition) is 6. The van der Waals surface area contributed by atoms with E-state index in [4.69, 9.17) is 23.2 Å². The maximum Gasteiger partial charge on any atom is 0.171 e. The molecule has 0 saturated carbocycles. The van der Waals surface area contributed by atoms with Crippen LogP contribution >= 0.6 is 23.2 Å². The second-order valence-electron chi connectivity index (χ2n) is 4.95. The molecular weight excluding hydrogens is 347 g/mol. The zero-order valence-electron chi connectivity index (χ0n) is 15.3. The van der Waals surface area contributed by atoms with Crippen molar-refractivity contribution in [2.45, 2.75) is 40.2 Å². The predicted molar refractivity (Wildman–Crippen MR) is 106 cm³/mol. The highest BCUT2D eigenvalue weighted by Crippen LogP contribution is 2.13. The maximum absolute atomic E-state index is 5.82. The van der Waals surface area contributed by atoms with E-state index in [1.807, 2.05) is 39.8 Å². The Balaban J connectivity index is 0.000000400. The van der Waals surface area contributed by atoms with Gasteiger partial charge in [-0.1, -0.05) is 44.0 Å². The van der Waals surface area contributed by atoms with Crippen LogP contribution in [0.2, 0.25) is 5.15 Å². The van der Waals surface area contributed by atoms with Gasteiger partial charge in [0.25, 0.3) is 0 Å². The van der Waals surface area contributed by atoms with Gasteiger partial charge in [-0.25, -0.2) is 9.97 Å². The fraction of sp³-hybridized carbons (Fsp3) is 0.625. The number of rotatable bonds is 3. The van der Waals surface area contributed by atoms with Crippen LogP contribution in [0.1, 0.15) is 34.1 Å². The molecule has 1 atom stereocenters. The Labute approximate surface area is 155 Å². The number of anilines is 1. The van der Waals surface area contributed by atoms with Crippen LogP contribution in [0.25, 0.3) is 0 Å². The fourth-order valence-corrected chi connectivity index (χ4v) is 2.03. The number of nitrogens with zero attached hydrogens (tertiary/aromatic N) is 5. The Hall–Kier alpha value is -1.40. The Morgan fingerprint density at radius 1 is 1.21 bits per heavy atom. The zero-order chi connectivity index (χ0) is 18.5. The van der Waals surface area contributed by atoms with Crippen molar-refractivity contribution in [3.8, 4) is 0 Å². The number of nitrogens with one attached hydrogen (secondary N) is 1. The van der Waals surface area contributed by atoms with Crippen LogP contribution in [0.4, 0.5) is 5.82 Å². The summed E-state index contributed by atoms with van der Waals surface area (Å²) in [6.07, 6.45) is 4.23. The van der Waals surface area contributed by atoms with Gasteiger partial charge in [0.2, 0.25) is 0 Å². The molecule has 0 amide bonds. The molecule has 136 valence electrons. The van der Waals surface area contributed by atoms with Crippen molar-refractivity contribution in [2.24, 2.45) is 9.98 Å². The molecule has 2 heterocycles. The van der Waals surface area contributed by atoms with Crippen LogP contribution in [-0.4, -0.2) is 59.1 Å². The van der Waals surface area contributed by atoms with Gasteiger partial charge in [0.1, 0.15) is 0 Å². The number of aliphatic imine (C=N–C) groups is 2. The van der Waals surface area contributed by atoms with Crippen LogP contribution in [0.5, 0.6) is 0 Å². The maximum atomic E-state index is 5.82. The molecule has 1 unspecified atom stereocenters. The molecule has 1 N–H and O–H groups in total. The molecule has 0 aliphatic carbocycles. The van der Waals surface area contributed by atoms with Gasteiger partial charge in [-0.05, 0) is 13.3 Å². The fourth-order valence-electron chi connectivity index (χ4n) is 1.57. The topological polar surface area (TPSA) is 65.8 Å². The highest BCUT2D eigenvalue weighted by Gasteiger charge is 2.15. The lowest BCUT2D eigenvalue weighted by molar-refractivity contribution is 0.609. The Morgan fingerprint density at radius 2 is 1.83 bits per heavy atom. The van der Waals surface area contributed by atoms with Gasteiger partial charge in [0.15, 0.2) is 22.0 Å². The van der Waals surface area contributed by atoms with E-state index in [9.17, 15) is 0 Å². The number of amidine groups is 1. The molecule has 24 heavy (non-hydrogen) atoms. The normalized spacial score (nSPS) is 15.8. The summed E-state index contributed by atoms with van der Waals surface area (Å²) >= 11 is 11.5. The van der Waals surface area contributed by atoms with Crippen LogP contribution in [0, 0.1) is 0 Å². The third-order valence-corrected chi connectivity index (χ3v) is 3.21. The monoisotopic (exact) mass is 374 g/mol. The summed E-state index contributed by atoms with van der Waals surface area (Å²) < 4.78 is 0. The van der Waals surface area contributed by atoms with E-state index in [0.717, 1.165) is 18.8 Å². The van der Waals surface area contributed by atoms with Crippen LogP contribution in [0.15, 0.2) is 22.4 Å². The van der Waals surface area contributed by atoms with E-state index in [1.165, 1.54) is 0 Å². The molecule has 0 fully saturated rings. The van der Waals surface area contributed by atoms with Gasteiger partial charge in [-0.3, -0.25) is 9.98 Å². The molecule has 6 nitrogen and oxygen atoms in total. The van der Waals surface area contributed by atoms with E-state index >= 15 is 0 Å². The second kappa shape index (κ2) is 13.0. The van der Waals surface area contributed by atoms with E-state index in [-0.39, 0.29) is 6.04 Å². The molecule has 0 radical (unpaired) electrons. The van der Waals surface area contributed by atoms with Crippen LogP contribution in [-0.2, 0) is 0 Å². The first-order chi connectivity index (χ1) is 11.5. The summed E-state index contributed by atoms with van der Waals surface area (Å²) in [6, 6.07) is 0.259. The average Bonchev–Trinajstić information content (AvgIpc) is 2.58. The van der Waals surface area contributed by atoms with E-state index in [0.29, 0.717) is 22.7 Å². The quantitative estimate of drug-likeness (QED) is 0.868. The number of aromatic nitrogens is 2. The van der Waals surface area contributed by atoms with Crippen LogP contribution < -0.4 is 5.32 Å². The summed E-state index contributed by atoms with van der Waals surface area (Å²) in [6.45, 7) is 9.68. The van der Waals surface area contributed by atoms with Crippen LogP contribution in [0.3, 0.4) is 0 Å². The minimum Gasteiger partial charge on any atom is -0.368 e. The molecule has 0 saturated heterocycles. The third-order valence-electron chi connectivity index (χ3n) is 2.64. The molecule has 1 aliphatic rings. The highest BCUT2D eigenvalue weighted by molar-refractivity contribution is 6.83. The zero-order valence-corrected chi connectivity index (χ0v) is 16.9. The lowest BCUT2D eigenvalue weighted by Crippen LogP contribution is -2.32. The molecule has 0 aromatic carbocycles. The van der Waals surface area contributed by atoms with Gasteiger partial charge in [0.05, 0.1) is 12.6 Å². The van der Waals surface area contributed by atoms with E-state index < -0.39 is 0 Å². The van der Waals surface area contributed by atoms with Gasteiger partial charge in [0, 0.05) is 33.0 Å². The lowest BCUT2D eigenvalue weighted by atomic mass is 10.3. The Bertz CT molecular complexity index is 531. The van der Waals surface area contributed by atoms with Gasteiger partial charge >= 0.3 is 0 Å². The standard InChI is InChI=1S/C7H12ClN3.C7H10ClN3.C2H6/c1-5-4-9-6(8)7(10-5)11(2)3;1-2-3-10-7-6(8)9-4-5-11-7;1-2/h5H,4H2,1-3H3;4-5H,2-3H2,1H3,(H,10,11);1-2H3. The van der Waals surface area contributed by atoms with Crippen molar-refractivity contribution in [2.75, 3.05) is 32.5 Å². The largest absolute Gasteiger partial charge is 0.368 e. The van der Waals surface area contributed by atoms with Gasteiger partial charge in [-0.2, -0.15) is 0 Å². The Morgan fingerprint density at radius 3 is 2.33 bits per heavy atom. The molecule has 1 aliphatic heterocycles. The van der Waals surface area contributed by atoms with Crippen molar-refractivity contribution in [1.29, 1.82) is 0 Å². The molecule has 1 aromatic rings. The highest BCUT2D eigenvalue weighted by atomic mass is 35.5. The van der Waals surface area contributed by atoms with Crippen molar-refractivity contribution in [3.05, 3.63) is 17.5 Å². The van der Waals surface area contributed by atoms with Crippen molar-refractivity contribution < 1.29 is 0 Å². The van der Waals surface area contributed by atoms with Crippen molar-refractivity contribution >= 4 is 40.0 Å². The summed E-state index contributed by atoms with van der Waals surface area (Å²) in [5.41, 5.74) is 0. The minimum atomic E-state index is 0.259. The van der Waals surface area contributed by atoms with E-state index in [1.54, 1.807) is 12.4 Å². The Kier molecular flexibility index (Phi) is 12.2. The minimum absolute atomic E-state index is 0.259. The average molecular weight is 375 g/mol. The first kappa shape index (κ1) is 22.6. The van der Waals surface area contributed by atoms with Crippen molar-refractivity contribution in [1.82, 2.24) is 14.9 Å². The summed E-state index contributed by atoms with van der Waals surface area (Å²) in [7, 11) is 3.82. The van der Waals surface area contributed by atoms with Crippen molar-refractivity contribution in [3.63, 3.8) is 0 Å². The molecule has 8 heteroatoms. The number of halogens is 2. The first-order valence-corrected chi connectivity index (χ1v) is 8.87. The van der Waals surface area contributed by atoms with Gasteiger partial charge < -0.3 is 10.2 Å². The number of hydrogen-bond donors (Lipinski definition) is 1. The molecule has 2 rings (SSSR count). The molecule has 1 aromatic heterocycles.